The summed E-state index contributed by atoms with van der Waals surface area (Å²) >= 11 is 5.89. The molecule has 3 rings (SSSR count). The number of carbonyl (C=O) groups is 1. The number of nitrogens with zero attached hydrogens (tertiary/aromatic N) is 1. The van der Waals surface area contributed by atoms with Crippen molar-refractivity contribution in [2.45, 2.75) is 19.4 Å². The van der Waals surface area contributed by atoms with Gasteiger partial charge in [0.1, 0.15) is 0 Å². The average Bonchev–Trinajstić information content (AvgIpc) is 2.66. The fourth-order valence-corrected chi connectivity index (χ4v) is 3.41. The third-order valence-electron chi connectivity index (χ3n) is 4.76. The lowest BCUT2D eigenvalue weighted by atomic mass is 9.92. The highest BCUT2D eigenvalue weighted by molar-refractivity contribution is 6.30. The lowest BCUT2D eigenvalue weighted by molar-refractivity contribution is -0.128. The highest BCUT2D eigenvalue weighted by Gasteiger charge is 2.28. The van der Waals surface area contributed by atoms with Crippen molar-refractivity contribution < 1.29 is 14.3 Å². The molecule has 2 aromatic carbocycles. The molecular weight excluding hydrogens is 350 g/mol. The van der Waals surface area contributed by atoms with Gasteiger partial charge in [-0.15, -0.1) is 0 Å². The molecular formula is C21H22ClNO3. The summed E-state index contributed by atoms with van der Waals surface area (Å²) in [5.41, 5.74) is 3.24. The number of benzene rings is 2. The van der Waals surface area contributed by atoms with Crippen LogP contribution in [-0.4, -0.2) is 31.6 Å². The summed E-state index contributed by atoms with van der Waals surface area (Å²) in [4.78, 5) is 14.6. The molecule has 4 nitrogen and oxygen atoms in total. The second-order valence-corrected chi connectivity index (χ2v) is 6.68. The van der Waals surface area contributed by atoms with Gasteiger partial charge in [0.05, 0.1) is 20.3 Å². The summed E-state index contributed by atoms with van der Waals surface area (Å²) in [6.45, 7) is 2.71. The minimum Gasteiger partial charge on any atom is -0.493 e. The quantitative estimate of drug-likeness (QED) is 0.742. The fourth-order valence-electron chi connectivity index (χ4n) is 3.28. The summed E-state index contributed by atoms with van der Waals surface area (Å²) in [5, 5.41) is 0.680. The lowest BCUT2D eigenvalue weighted by Crippen LogP contribution is -2.37. The Morgan fingerprint density at radius 1 is 1.15 bits per heavy atom. The molecule has 1 aliphatic heterocycles. The summed E-state index contributed by atoms with van der Waals surface area (Å²) < 4.78 is 10.8. The molecule has 0 spiro atoms. The van der Waals surface area contributed by atoms with Crippen LogP contribution in [0.4, 0.5) is 0 Å². The Labute approximate surface area is 159 Å². The summed E-state index contributed by atoms with van der Waals surface area (Å²) in [5.74, 6) is 1.40. The van der Waals surface area contributed by atoms with Gasteiger partial charge in [-0.05, 0) is 60.4 Å². The molecule has 0 aliphatic carbocycles. The lowest BCUT2D eigenvalue weighted by Gasteiger charge is -2.35. The van der Waals surface area contributed by atoms with E-state index in [1.165, 1.54) is 5.56 Å². The van der Waals surface area contributed by atoms with Gasteiger partial charge >= 0.3 is 0 Å². The van der Waals surface area contributed by atoms with Crippen LogP contribution >= 0.6 is 11.6 Å². The maximum Gasteiger partial charge on any atom is 0.247 e. The largest absolute Gasteiger partial charge is 0.493 e. The van der Waals surface area contributed by atoms with Crippen LogP contribution in [0.25, 0.3) is 6.08 Å². The number of amides is 1. The average molecular weight is 372 g/mol. The standard InChI is InChI=1S/C21H22ClNO3/c1-14-18-13-20(26-3)19(25-2)12-16(18)10-11-23(14)21(24)9-6-15-4-7-17(22)8-5-15/h4-9,12-14H,10-11H2,1-3H3/b9-6+/t14-/m1/s1. The van der Waals surface area contributed by atoms with Crippen LogP contribution in [0.15, 0.2) is 42.5 Å². The third kappa shape index (κ3) is 3.70. The maximum atomic E-state index is 12.7. The van der Waals surface area contributed by atoms with E-state index >= 15 is 0 Å². The number of ether oxygens (including phenoxy) is 2. The van der Waals surface area contributed by atoms with Gasteiger partial charge in [0.15, 0.2) is 11.5 Å². The Hall–Kier alpha value is -2.46. The molecule has 5 heteroatoms. The van der Waals surface area contributed by atoms with E-state index < -0.39 is 0 Å². The van der Waals surface area contributed by atoms with Crippen LogP contribution in [0.3, 0.4) is 0 Å². The SMILES string of the molecule is COc1cc2c(cc1OC)[C@@H](C)N(C(=O)/C=C/c1ccc(Cl)cc1)CC2. The van der Waals surface area contributed by atoms with Gasteiger partial charge in [0.25, 0.3) is 0 Å². The van der Waals surface area contributed by atoms with Crippen molar-refractivity contribution in [3.8, 4) is 11.5 Å². The molecule has 2 aromatic rings. The molecule has 0 N–H and O–H groups in total. The summed E-state index contributed by atoms with van der Waals surface area (Å²) in [6, 6.07) is 11.4. The molecule has 0 saturated heterocycles. The van der Waals surface area contributed by atoms with E-state index in [1.807, 2.05) is 54.3 Å². The highest BCUT2D eigenvalue weighted by atomic mass is 35.5. The molecule has 0 aromatic heterocycles. The minimum absolute atomic E-state index is 0.00659. The van der Waals surface area contributed by atoms with Gasteiger partial charge in [-0.2, -0.15) is 0 Å². The maximum absolute atomic E-state index is 12.7. The third-order valence-corrected chi connectivity index (χ3v) is 5.01. The van der Waals surface area contributed by atoms with Crippen molar-refractivity contribution in [2.24, 2.45) is 0 Å². The first-order valence-electron chi connectivity index (χ1n) is 8.52. The molecule has 1 heterocycles. The van der Waals surface area contributed by atoms with Crippen molar-refractivity contribution in [1.29, 1.82) is 0 Å². The Bertz CT molecular complexity index is 830. The predicted molar refractivity (Wildman–Crippen MR) is 104 cm³/mol. The molecule has 0 unspecified atom stereocenters. The van der Waals surface area contributed by atoms with Crippen LogP contribution in [0.1, 0.15) is 29.7 Å². The summed E-state index contributed by atoms with van der Waals surface area (Å²) in [7, 11) is 3.25. The highest BCUT2D eigenvalue weighted by Crippen LogP contribution is 2.37. The molecule has 0 bridgehead atoms. The van der Waals surface area contributed by atoms with E-state index in [0.29, 0.717) is 17.3 Å². The van der Waals surface area contributed by atoms with E-state index in [9.17, 15) is 4.79 Å². The van der Waals surface area contributed by atoms with Crippen molar-refractivity contribution in [2.75, 3.05) is 20.8 Å². The number of hydrogen-bond donors (Lipinski definition) is 0. The normalized spacial score (nSPS) is 16.5. The molecule has 0 fully saturated rings. The van der Waals surface area contributed by atoms with Crippen LogP contribution in [0, 0.1) is 0 Å². The van der Waals surface area contributed by atoms with Gasteiger partial charge in [0, 0.05) is 17.6 Å². The van der Waals surface area contributed by atoms with Gasteiger partial charge in [-0.1, -0.05) is 23.7 Å². The molecule has 1 atom stereocenters. The van der Waals surface area contributed by atoms with Crippen molar-refractivity contribution >= 4 is 23.6 Å². The van der Waals surface area contributed by atoms with Crippen LogP contribution in [0.5, 0.6) is 11.5 Å². The molecule has 1 amide bonds. The van der Waals surface area contributed by atoms with E-state index in [1.54, 1.807) is 20.3 Å². The van der Waals surface area contributed by atoms with E-state index in [2.05, 4.69) is 0 Å². The Kier molecular flexibility index (Phi) is 5.52. The van der Waals surface area contributed by atoms with Crippen molar-refractivity contribution in [3.05, 3.63) is 64.2 Å². The first kappa shape index (κ1) is 18.3. The van der Waals surface area contributed by atoms with Gasteiger partial charge in [-0.25, -0.2) is 0 Å². The molecule has 26 heavy (non-hydrogen) atoms. The van der Waals surface area contributed by atoms with Crippen molar-refractivity contribution in [1.82, 2.24) is 4.90 Å². The first-order chi connectivity index (χ1) is 12.5. The Balaban J connectivity index is 1.80. The number of rotatable bonds is 4. The number of halogens is 1. The number of carbonyl (C=O) groups excluding carboxylic acids is 1. The zero-order valence-electron chi connectivity index (χ0n) is 15.2. The Morgan fingerprint density at radius 2 is 1.81 bits per heavy atom. The summed E-state index contributed by atoms with van der Waals surface area (Å²) in [6.07, 6.45) is 4.22. The number of methoxy groups -OCH3 is 2. The second-order valence-electron chi connectivity index (χ2n) is 6.25. The monoisotopic (exact) mass is 371 g/mol. The molecule has 1 aliphatic rings. The van der Waals surface area contributed by atoms with Crippen LogP contribution in [-0.2, 0) is 11.2 Å². The molecule has 0 radical (unpaired) electrons. The van der Waals surface area contributed by atoms with E-state index in [-0.39, 0.29) is 11.9 Å². The van der Waals surface area contributed by atoms with Gasteiger partial charge in [-0.3, -0.25) is 4.79 Å². The number of hydrogen-bond acceptors (Lipinski definition) is 3. The van der Waals surface area contributed by atoms with Crippen LogP contribution < -0.4 is 9.47 Å². The number of fused-ring (bicyclic) bond motifs is 1. The van der Waals surface area contributed by atoms with Crippen molar-refractivity contribution in [3.63, 3.8) is 0 Å². The van der Waals surface area contributed by atoms with Crippen LogP contribution in [0.2, 0.25) is 5.02 Å². The fraction of sp³-hybridized carbons (Fsp3) is 0.286. The zero-order chi connectivity index (χ0) is 18.7. The van der Waals surface area contributed by atoms with E-state index in [4.69, 9.17) is 21.1 Å². The minimum atomic E-state index is -0.0269. The first-order valence-corrected chi connectivity index (χ1v) is 8.90. The van der Waals surface area contributed by atoms with Gasteiger partial charge < -0.3 is 14.4 Å². The topological polar surface area (TPSA) is 38.8 Å². The smallest absolute Gasteiger partial charge is 0.247 e. The molecule has 0 saturated carbocycles. The predicted octanol–water partition coefficient (Wildman–Crippen LogP) is 4.52. The zero-order valence-corrected chi connectivity index (χ0v) is 15.9. The second kappa shape index (κ2) is 7.83. The van der Waals surface area contributed by atoms with E-state index in [0.717, 1.165) is 23.3 Å². The van der Waals surface area contributed by atoms with Gasteiger partial charge in [0.2, 0.25) is 5.91 Å². The molecule has 136 valence electrons. The Morgan fingerprint density at radius 3 is 2.46 bits per heavy atom.